The van der Waals surface area contributed by atoms with Gasteiger partial charge in [-0.05, 0) is 32.1 Å². The van der Waals surface area contributed by atoms with Gasteiger partial charge in [-0.2, -0.15) is 0 Å². The molecule has 0 aliphatic rings. The summed E-state index contributed by atoms with van der Waals surface area (Å²) in [6.45, 7) is 1.76. The highest BCUT2D eigenvalue weighted by atomic mass is 16.5. The van der Waals surface area contributed by atoms with Gasteiger partial charge >= 0.3 is 0 Å². The highest BCUT2D eigenvalue weighted by Gasteiger charge is 2.08. The Balaban J connectivity index is 2.24. The minimum atomic E-state index is 0.00459. The minimum Gasteiger partial charge on any atom is -0.484 e. The van der Waals surface area contributed by atoms with E-state index in [4.69, 9.17) is 4.74 Å². The quantitative estimate of drug-likeness (QED) is 0.722. The van der Waals surface area contributed by atoms with E-state index in [1.807, 2.05) is 37.4 Å². The van der Waals surface area contributed by atoms with Crippen LogP contribution < -0.4 is 10.1 Å². The van der Waals surface area contributed by atoms with Crippen molar-refractivity contribution < 1.29 is 9.53 Å². The predicted molar refractivity (Wildman–Crippen MR) is 68.1 cm³/mol. The summed E-state index contributed by atoms with van der Waals surface area (Å²) in [7, 11) is 3.70. The van der Waals surface area contributed by atoms with Crippen LogP contribution in [0.3, 0.4) is 0 Å². The zero-order chi connectivity index (χ0) is 12.5. The molecule has 0 unspecified atom stereocenters. The number of rotatable bonds is 7. The van der Waals surface area contributed by atoms with E-state index >= 15 is 0 Å². The molecule has 0 aliphatic heterocycles. The highest BCUT2D eigenvalue weighted by Crippen LogP contribution is 2.08. The van der Waals surface area contributed by atoms with Gasteiger partial charge in [0.15, 0.2) is 6.61 Å². The van der Waals surface area contributed by atoms with Gasteiger partial charge in [-0.25, -0.2) is 0 Å². The van der Waals surface area contributed by atoms with Crippen molar-refractivity contribution in [1.29, 1.82) is 0 Å². The normalized spacial score (nSPS) is 10.0. The molecule has 0 atom stereocenters. The summed E-state index contributed by atoms with van der Waals surface area (Å²) in [5, 5.41) is 3.05. The average molecular weight is 236 g/mol. The maximum absolute atomic E-state index is 11.7. The van der Waals surface area contributed by atoms with Crippen molar-refractivity contribution in [3.8, 4) is 5.75 Å². The number of hydrogen-bond acceptors (Lipinski definition) is 3. The number of amides is 1. The first-order valence-corrected chi connectivity index (χ1v) is 5.80. The second-order valence-corrected chi connectivity index (χ2v) is 3.87. The standard InChI is InChI=1S/C13H20N2O2/c1-14-9-6-10-15(2)13(16)11-17-12-7-4-3-5-8-12/h3-5,7-8,14H,6,9-11H2,1-2H3. The monoisotopic (exact) mass is 236 g/mol. The van der Waals surface area contributed by atoms with Gasteiger partial charge < -0.3 is 15.0 Å². The van der Waals surface area contributed by atoms with E-state index in [1.54, 1.807) is 11.9 Å². The second-order valence-electron chi connectivity index (χ2n) is 3.87. The van der Waals surface area contributed by atoms with E-state index in [1.165, 1.54) is 0 Å². The number of hydrogen-bond donors (Lipinski definition) is 1. The van der Waals surface area contributed by atoms with Crippen LogP contribution >= 0.6 is 0 Å². The van der Waals surface area contributed by atoms with E-state index in [2.05, 4.69) is 5.32 Å². The smallest absolute Gasteiger partial charge is 0.260 e. The van der Waals surface area contributed by atoms with Crippen LogP contribution in [-0.2, 0) is 4.79 Å². The van der Waals surface area contributed by atoms with E-state index in [0.29, 0.717) is 0 Å². The zero-order valence-electron chi connectivity index (χ0n) is 10.5. The molecule has 0 heterocycles. The maximum Gasteiger partial charge on any atom is 0.260 e. The fraction of sp³-hybridized carbons (Fsp3) is 0.462. The topological polar surface area (TPSA) is 41.6 Å². The van der Waals surface area contributed by atoms with Crippen LogP contribution in [0.15, 0.2) is 30.3 Å². The van der Waals surface area contributed by atoms with Gasteiger partial charge in [-0.15, -0.1) is 0 Å². The van der Waals surface area contributed by atoms with E-state index in [9.17, 15) is 4.79 Å². The fourth-order valence-electron chi connectivity index (χ4n) is 1.39. The summed E-state index contributed by atoms with van der Waals surface area (Å²) < 4.78 is 5.39. The van der Waals surface area contributed by atoms with Crippen LogP contribution in [0.1, 0.15) is 6.42 Å². The number of carbonyl (C=O) groups is 1. The van der Waals surface area contributed by atoms with Gasteiger partial charge in [-0.1, -0.05) is 18.2 Å². The number of carbonyl (C=O) groups excluding carboxylic acids is 1. The molecule has 0 bridgehead atoms. The Morgan fingerprint density at radius 1 is 1.35 bits per heavy atom. The number of nitrogens with one attached hydrogen (secondary N) is 1. The maximum atomic E-state index is 11.7. The molecule has 1 aromatic carbocycles. The molecule has 0 saturated carbocycles. The largest absolute Gasteiger partial charge is 0.484 e. The Hall–Kier alpha value is -1.55. The van der Waals surface area contributed by atoms with Gasteiger partial charge in [0.1, 0.15) is 5.75 Å². The third kappa shape index (κ3) is 5.36. The summed E-state index contributed by atoms with van der Waals surface area (Å²) in [4.78, 5) is 13.4. The minimum absolute atomic E-state index is 0.00459. The molecule has 1 N–H and O–H groups in total. The zero-order valence-corrected chi connectivity index (χ0v) is 10.5. The molecule has 4 nitrogen and oxygen atoms in total. The lowest BCUT2D eigenvalue weighted by Gasteiger charge is -2.17. The molecule has 1 rings (SSSR count). The third-order valence-corrected chi connectivity index (χ3v) is 2.45. The van der Waals surface area contributed by atoms with Crippen molar-refractivity contribution in [1.82, 2.24) is 10.2 Å². The molecule has 17 heavy (non-hydrogen) atoms. The molecule has 1 amide bonds. The van der Waals surface area contributed by atoms with Gasteiger partial charge in [0, 0.05) is 13.6 Å². The Labute approximate surface area is 103 Å². The summed E-state index contributed by atoms with van der Waals surface area (Å²) in [6.07, 6.45) is 0.948. The van der Waals surface area contributed by atoms with E-state index in [0.717, 1.165) is 25.3 Å². The van der Waals surface area contributed by atoms with Crippen LogP contribution in [0.4, 0.5) is 0 Å². The lowest BCUT2D eigenvalue weighted by Crippen LogP contribution is -2.33. The lowest BCUT2D eigenvalue weighted by molar-refractivity contribution is -0.132. The summed E-state index contributed by atoms with van der Waals surface area (Å²) >= 11 is 0. The Morgan fingerprint density at radius 2 is 2.06 bits per heavy atom. The number of nitrogens with zero attached hydrogens (tertiary/aromatic N) is 1. The molecule has 0 spiro atoms. The van der Waals surface area contributed by atoms with Gasteiger partial charge in [0.25, 0.3) is 5.91 Å². The van der Waals surface area contributed by atoms with Crippen molar-refractivity contribution in [3.63, 3.8) is 0 Å². The highest BCUT2D eigenvalue weighted by molar-refractivity contribution is 5.77. The third-order valence-electron chi connectivity index (χ3n) is 2.45. The van der Waals surface area contributed by atoms with E-state index in [-0.39, 0.29) is 12.5 Å². The molecule has 1 aromatic rings. The van der Waals surface area contributed by atoms with Crippen LogP contribution in [-0.4, -0.2) is 44.6 Å². The number of para-hydroxylation sites is 1. The Bertz CT molecular complexity index is 327. The van der Waals surface area contributed by atoms with Crippen LogP contribution in [0.5, 0.6) is 5.75 Å². The molecule has 94 valence electrons. The lowest BCUT2D eigenvalue weighted by atomic mass is 10.3. The Morgan fingerprint density at radius 3 is 2.71 bits per heavy atom. The Kier molecular flexibility index (Phi) is 6.10. The van der Waals surface area contributed by atoms with Crippen LogP contribution in [0.2, 0.25) is 0 Å². The van der Waals surface area contributed by atoms with Crippen LogP contribution in [0, 0.1) is 0 Å². The second kappa shape index (κ2) is 7.68. The molecule has 4 heteroatoms. The fourth-order valence-corrected chi connectivity index (χ4v) is 1.39. The number of benzene rings is 1. The first kappa shape index (κ1) is 13.5. The van der Waals surface area contributed by atoms with E-state index < -0.39 is 0 Å². The predicted octanol–water partition coefficient (Wildman–Crippen LogP) is 1.13. The van der Waals surface area contributed by atoms with Crippen molar-refractivity contribution in [2.75, 3.05) is 33.8 Å². The van der Waals surface area contributed by atoms with Crippen LogP contribution in [0.25, 0.3) is 0 Å². The molecular weight excluding hydrogens is 216 g/mol. The van der Waals surface area contributed by atoms with Gasteiger partial charge in [0.05, 0.1) is 0 Å². The van der Waals surface area contributed by atoms with Gasteiger partial charge in [0.2, 0.25) is 0 Å². The van der Waals surface area contributed by atoms with Crippen molar-refractivity contribution >= 4 is 5.91 Å². The first-order chi connectivity index (χ1) is 8.24. The molecule has 0 saturated heterocycles. The molecule has 0 aliphatic carbocycles. The number of likely N-dealkylation sites (N-methyl/N-ethyl adjacent to an activating group) is 1. The summed E-state index contributed by atoms with van der Waals surface area (Å²) in [5.74, 6) is 0.731. The molecule has 0 aromatic heterocycles. The first-order valence-electron chi connectivity index (χ1n) is 5.80. The van der Waals surface area contributed by atoms with Crippen molar-refractivity contribution in [2.45, 2.75) is 6.42 Å². The van der Waals surface area contributed by atoms with Gasteiger partial charge in [-0.3, -0.25) is 4.79 Å². The van der Waals surface area contributed by atoms with Crippen molar-refractivity contribution in [2.24, 2.45) is 0 Å². The summed E-state index contributed by atoms with van der Waals surface area (Å²) in [5.41, 5.74) is 0. The number of ether oxygens (including phenoxy) is 1. The SMILES string of the molecule is CNCCCN(C)C(=O)COc1ccccc1. The molecule has 0 radical (unpaired) electrons. The summed E-state index contributed by atoms with van der Waals surface area (Å²) in [6, 6.07) is 9.37. The molecular formula is C13H20N2O2. The molecule has 0 fully saturated rings. The average Bonchev–Trinajstić information content (AvgIpc) is 2.37. The van der Waals surface area contributed by atoms with Crippen molar-refractivity contribution in [3.05, 3.63) is 30.3 Å².